The summed E-state index contributed by atoms with van der Waals surface area (Å²) < 4.78 is 4.44. The van der Waals surface area contributed by atoms with Crippen molar-refractivity contribution >= 4 is 60.8 Å². The Balaban J connectivity index is -0.0000000522. The molecule has 0 saturated carbocycles. The molecule has 0 spiro atoms. The predicted octanol–water partition coefficient (Wildman–Crippen LogP) is -3.24. The van der Waals surface area contributed by atoms with E-state index in [0.717, 1.165) is 13.8 Å². The van der Waals surface area contributed by atoms with Gasteiger partial charge in [-0.05, 0) is 13.8 Å². The molecule has 1 N–H and O–H groups in total. The fraction of sp³-hybridized carbons (Fsp3) is 0.714. The molecule has 0 bridgehead atoms. The van der Waals surface area contributed by atoms with Gasteiger partial charge < -0.3 is 29.6 Å². The van der Waals surface area contributed by atoms with E-state index in [1.807, 2.05) is 0 Å². The number of carboxylic acid groups (broad SMARTS) is 2. The smallest absolute Gasteiger partial charge is 0.550 e. The molecule has 0 atom stereocenters. The van der Waals surface area contributed by atoms with Crippen molar-refractivity contribution < 1.29 is 29.6 Å². The SMILES string of the molecule is CC(=O)[O-].CC(=O)[O-].COCCO.[Ba+2]. The minimum absolute atomic E-state index is 0. The van der Waals surface area contributed by atoms with Gasteiger partial charge >= 0.3 is 48.9 Å². The zero-order valence-corrected chi connectivity index (χ0v) is 13.1. The molecule has 0 saturated heterocycles. The molecule has 0 aliphatic carbocycles. The van der Waals surface area contributed by atoms with Gasteiger partial charge in [0.05, 0.1) is 13.2 Å². The standard InChI is InChI=1S/C3H8O2.2C2H4O2.Ba/c1-5-3-2-4;2*1-2(3)4;/h4H,2-3H2,1H3;2*1H3,(H,3,4);/q;;;+2/p-2. The summed E-state index contributed by atoms with van der Waals surface area (Å²) in [4.78, 5) is 17.8. The average Bonchev–Trinajstić information content (AvgIpc) is 1.86. The number of hydrogen-bond donors (Lipinski definition) is 1. The van der Waals surface area contributed by atoms with E-state index in [1.165, 1.54) is 0 Å². The molecule has 6 nitrogen and oxygen atoms in total. The first-order valence-corrected chi connectivity index (χ1v) is 3.33. The van der Waals surface area contributed by atoms with Crippen LogP contribution < -0.4 is 10.2 Å². The fourth-order valence-electron chi connectivity index (χ4n) is 0.0913. The van der Waals surface area contributed by atoms with Crippen LogP contribution in [-0.4, -0.2) is 86.2 Å². The summed E-state index contributed by atoms with van der Waals surface area (Å²) in [6.07, 6.45) is 0. The zero-order valence-electron chi connectivity index (χ0n) is 8.61. The van der Waals surface area contributed by atoms with Crippen molar-refractivity contribution in [3.63, 3.8) is 0 Å². The Morgan fingerprint density at radius 1 is 1.21 bits per heavy atom. The molecule has 0 rings (SSSR count). The van der Waals surface area contributed by atoms with Gasteiger partial charge in [0.15, 0.2) is 0 Å². The maximum absolute atomic E-state index is 8.89. The molecule has 0 amide bonds. The van der Waals surface area contributed by atoms with Crippen LogP contribution in [0.4, 0.5) is 0 Å². The van der Waals surface area contributed by atoms with Gasteiger partial charge in [0.2, 0.25) is 0 Å². The van der Waals surface area contributed by atoms with Crippen LogP contribution in [0.1, 0.15) is 13.8 Å². The largest absolute Gasteiger partial charge is 2.00 e. The average molecular weight is 332 g/mol. The molecular formula is C7H14BaO6. The first kappa shape index (κ1) is 23.9. The third kappa shape index (κ3) is 275. The van der Waals surface area contributed by atoms with Crippen LogP contribution in [0.3, 0.4) is 0 Å². The molecule has 0 aromatic rings. The number of carbonyl (C=O) groups excluding carboxylic acids is 2. The van der Waals surface area contributed by atoms with E-state index in [2.05, 4.69) is 4.74 Å². The van der Waals surface area contributed by atoms with Crippen LogP contribution >= 0.6 is 0 Å². The summed E-state index contributed by atoms with van der Waals surface area (Å²) in [5.74, 6) is -2.17. The topological polar surface area (TPSA) is 110 Å². The van der Waals surface area contributed by atoms with Gasteiger partial charge in [-0.25, -0.2) is 0 Å². The van der Waals surface area contributed by atoms with E-state index < -0.39 is 11.9 Å². The van der Waals surface area contributed by atoms with E-state index in [-0.39, 0.29) is 55.5 Å². The van der Waals surface area contributed by atoms with Gasteiger partial charge in [-0.15, -0.1) is 0 Å². The molecule has 0 fully saturated rings. The first-order chi connectivity index (χ1) is 5.88. The Kier molecular flexibility index (Phi) is 39.9. The molecule has 80 valence electrons. The van der Waals surface area contributed by atoms with Gasteiger partial charge in [0, 0.05) is 19.0 Å². The van der Waals surface area contributed by atoms with Crippen molar-refractivity contribution in [2.45, 2.75) is 13.8 Å². The zero-order chi connectivity index (χ0) is 11.3. The summed E-state index contributed by atoms with van der Waals surface area (Å²) in [6.45, 7) is 2.51. The van der Waals surface area contributed by atoms with E-state index >= 15 is 0 Å². The summed E-state index contributed by atoms with van der Waals surface area (Å²) >= 11 is 0. The number of carbonyl (C=O) groups is 2. The Labute approximate surface area is 123 Å². The number of aliphatic carboxylic acids is 2. The Morgan fingerprint density at radius 2 is 1.43 bits per heavy atom. The molecular weight excluding hydrogens is 317 g/mol. The van der Waals surface area contributed by atoms with E-state index in [9.17, 15) is 0 Å². The summed E-state index contributed by atoms with van der Waals surface area (Å²) in [5.41, 5.74) is 0. The van der Waals surface area contributed by atoms with Crippen molar-refractivity contribution in [1.82, 2.24) is 0 Å². The van der Waals surface area contributed by atoms with E-state index in [1.54, 1.807) is 7.11 Å². The molecule has 7 heteroatoms. The molecule has 0 radical (unpaired) electrons. The third-order valence-corrected chi connectivity index (χ3v) is 0.295. The normalized spacial score (nSPS) is 6.57. The Morgan fingerprint density at radius 3 is 1.43 bits per heavy atom. The van der Waals surface area contributed by atoms with E-state index in [4.69, 9.17) is 24.9 Å². The van der Waals surface area contributed by atoms with E-state index in [0.29, 0.717) is 6.61 Å². The number of ether oxygens (including phenoxy) is 1. The molecule has 0 aliphatic rings. The summed E-state index contributed by atoms with van der Waals surface area (Å²) in [7, 11) is 1.55. The maximum atomic E-state index is 8.89. The molecule has 14 heavy (non-hydrogen) atoms. The van der Waals surface area contributed by atoms with Crippen molar-refractivity contribution in [2.75, 3.05) is 20.3 Å². The van der Waals surface area contributed by atoms with Gasteiger partial charge in [0.25, 0.3) is 0 Å². The number of carboxylic acids is 2. The summed E-state index contributed by atoms with van der Waals surface area (Å²) in [6, 6.07) is 0. The third-order valence-electron chi connectivity index (χ3n) is 0.295. The maximum Gasteiger partial charge on any atom is 2.00 e. The van der Waals surface area contributed by atoms with Crippen LogP contribution in [0.25, 0.3) is 0 Å². The minimum Gasteiger partial charge on any atom is -0.550 e. The molecule has 0 heterocycles. The second-order valence-electron chi connectivity index (χ2n) is 1.70. The second kappa shape index (κ2) is 23.3. The number of rotatable bonds is 2. The van der Waals surface area contributed by atoms with Crippen molar-refractivity contribution in [3.05, 3.63) is 0 Å². The minimum atomic E-state index is -1.08. The van der Waals surface area contributed by atoms with Crippen LogP contribution in [0, 0.1) is 0 Å². The van der Waals surface area contributed by atoms with Gasteiger partial charge in [0.1, 0.15) is 0 Å². The summed E-state index contributed by atoms with van der Waals surface area (Å²) in [5, 5.41) is 25.7. The second-order valence-corrected chi connectivity index (χ2v) is 1.70. The van der Waals surface area contributed by atoms with Crippen LogP contribution in [0.15, 0.2) is 0 Å². The van der Waals surface area contributed by atoms with Crippen molar-refractivity contribution in [2.24, 2.45) is 0 Å². The van der Waals surface area contributed by atoms with Gasteiger partial charge in [-0.2, -0.15) is 0 Å². The monoisotopic (exact) mass is 332 g/mol. The Bertz CT molecular complexity index is 105. The molecule has 0 aromatic carbocycles. The molecule has 0 aliphatic heterocycles. The number of methoxy groups -OCH3 is 1. The predicted molar refractivity (Wildman–Crippen MR) is 46.1 cm³/mol. The quantitative estimate of drug-likeness (QED) is 0.533. The van der Waals surface area contributed by atoms with Crippen LogP contribution in [0.2, 0.25) is 0 Å². The fourth-order valence-corrected chi connectivity index (χ4v) is 0.0913. The van der Waals surface area contributed by atoms with Crippen molar-refractivity contribution in [1.29, 1.82) is 0 Å². The number of aliphatic hydroxyl groups excluding tert-OH is 1. The number of aliphatic hydroxyl groups is 1. The Hall–Kier alpha value is 0.431. The molecule has 0 unspecified atom stereocenters. The van der Waals surface area contributed by atoms with Crippen molar-refractivity contribution in [3.8, 4) is 0 Å². The van der Waals surface area contributed by atoms with Gasteiger partial charge in [-0.1, -0.05) is 0 Å². The van der Waals surface area contributed by atoms with Crippen LogP contribution in [0.5, 0.6) is 0 Å². The number of hydrogen-bond acceptors (Lipinski definition) is 6. The first-order valence-electron chi connectivity index (χ1n) is 3.33. The molecule has 0 aromatic heterocycles. The van der Waals surface area contributed by atoms with Crippen LogP contribution in [-0.2, 0) is 14.3 Å². The van der Waals surface area contributed by atoms with Gasteiger partial charge in [-0.3, -0.25) is 0 Å².